The van der Waals surface area contributed by atoms with Crippen LogP contribution in [-0.4, -0.2) is 31.3 Å². The summed E-state index contributed by atoms with van der Waals surface area (Å²) < 4.78 is 23.8. The van der Waals surface area contributed by atoms with E-state index in [1.165, 1.54) is 33.3 Å². The molecule has 0 saturated heterocycles. The van der Waals surface area contributed by atoms with Crippen molar-refractivity contribution < 1.29 is 23.8 Å². The highest BCUT2D eigenvalue weighted by molar-refractivity contribution is 5.73. The standard InChI is InChI=1S/C13H18FNO4/c1-7(14)9-4-8(5-10(15)13(16)17)11(18-2)6-12(9)19-3/h4,6-7,10H,5,15H2,1-3H3,(H,16,17). The molecule has 5 nitrogen and oxygen atoms in total. The summed E-state index contributed by atoms with van der Waals surface area (Å²) in [6.07, 6.45) is -1.18. The van der Waals surface area contributed by atoms with Crippen molar-refractivity contribution in [3.63, 3.8) is 0 Å². The maximum absolute atomic E-state index is 13.5. The summed E-state index contributed by atoms with van der Waals surface area (Å²) in [7, 11) is 2.88. The Bertz CT molecular complexity index is 462. The van der Waals surface area contributed by atoms with E-state index in [4.69, 9.17) is 20.3 Å². The number of alkyl halides is 1. The summed E-state index contributed by atoms with van der Waals surface area (Å²) in [6.45, 7) is 1.38. The number of methoxy groups -OCH3 is 2. The molecule has 3 N–H and O–H groups in total. The summed E-state index contributed by atoms with van der Waals surface area (Å²) >= 11 is 0. The average molecular weight is 271 g/mol. The molecule has 0 aliphatic carbocycles. The fraction of sp³-hybridized carbons (Fsp3) is 0.462. The first-order valence-corrected chi connectivity index (χ1v) is 5.78. The normalized spacial score (nSPS) is 13.7. The Labute approximate surface area is 111 Å². The third-order valence-electron chi connectivity index (χ3n) is 2.82. The molecule has 0 saturated carbocycles. The Kier molecular flexibility index (Phi) is 5.11. The predicted molar refractivity (Wildman–Crippen MR) is 68.4 cm³/mol. The highest BCUT2D eigenvalue weighted by atomic mass is 19.1. The molecule has 6 heteroatoms. The second-order valence-electron chi connectivity index (χ2n) is 4.17. The monoisotopic (exact) mass is 271 g/mol. The van der Waals surface area contributed by atoms with Crippen LogP contribution in [0.2, 0.25) is 0 Å². The van der Waals surface area contributed by atoms with Crippen molar-refractivity contribution in [2.24, 2.45) is 5.73 Å². The van der Waals surface area contributed by atoms with Gasteiger partial charge in [0.25, 0.3) is 0 Å². The number of ether oxygens (including phenoxy) is 2. The third-order valence-corrected chi connectivity index (χ3v) is 2.82. The molecule has 0 amide bonds. The van der Waals surface area contributed by atoms with Crippen LogP contribution in [0.15, 0.2) is 12.1 Å². The van der Waals surface area contributed by atoms with E-state index in [1.54, 1.807) is 0 Å². The lowest BCUT2D eigenvalue weighted by molar-refractivity contribution is -0.138. The maximum Gasteiger partial charge on any atom is 0.320 e. The van der Waals surface area contributed by atoms with E-state index >= 15 is 0 Å². The number of rotatable bonds is 6. The minimum Gasteiger partial charge on any atom is -0.496 e. The van der Waals surface area contributed by atoms with Crippen molar-refractivity contribution in [3.8, 4) is 11.5 Å². The fourth-order valence-corrected chi connectivity index (χ4v) is 1.79. The lowest BCUT2D eigenvalue weighted by Gasteiger charge is -2.16. The van der Waals surface area contributed by atoms with E-state index in [0.717, 1.165) is 0 Å². The molecule has 106 valence electrons. The van der Waals surface area contributed by atoms with E-state index < -0.39 is 18.2 Å². The van der Waals surface area contributed by atoms with Crippen LogP contribution in [0.25, 0.3) is 0 Å². The first-order valence-electron chi connectivity index (χ1n) is 5.78. The second kappa shape index (κ2) is 6.38. The van der Waals surface area contributed by atoms with Gasteiger partial charge < -0.3 is 20.3 Å². The maximum atomic E-state index is 13.5. The molecule has 19 heavy (non-hydrogen) atoms. The molecular formula is C13H18FNO4. The van der Waals surface area contributed by atoms with Crippen LogP contribution >= 0.6 is 0 Å². The summed E-state index contributed by atoms with van der Waals surface area (Å²) in [5.74, 6) is -0.329. The molecule has 0 aliphatic rings. The van der Waals surface area contributed by atoms with Crippen molar-refractivity contribution >= 4 is 5.97 Å². The quantitative estimate of drug-likeness (QED) is 0.822. The third kappa shape index (κ3) is 3.57. The smallest absolute Gasteiger partial charge is 0.320 e. The van der Waals surface area contributed by atoms with Gasteiger partial charge in [0.15, 0.2) is 0 Å². The van der Waals surface area contributed by atoms with Gasteiger partial charge in [0, 0.05) is 18.1 Å². The first kappa shape index (κ1) is 15.2. The minimum absolute atomic E-state index is 0.0578. The van der Waals surface area contributed by atoms with Gasteiger partial charge in [0.05, 0.1) is 14.2 Å². The Morgan fingerprint density at radius 3 is 2.37 bits per heavy atom. The molecule has 1 aromatic carbocycles. The number of hydrogen-bond donors (Lipinski definition) is 2. The predicted octanol–water partition coefficient (Wildman–Crippen LogP) is 1.69. The highest BCUT2D eigenvalue weighted by Gasteiger charge is 2.19. The molecule has 1 rings (SSSR count). The zero-order valence-electron chi connectivity index (χ0n) is 11.1. The Morgan fingerprint density at radius 2 is 1.95 bits per heavy atom. The molecule has 0 fully saturated rings. The lowest BCUT2D eigenvalue weighted by atomic mass is 10.00. The van der Waals surface area contributed by atoms with Crippen molar-refractivity contribution in [2.45, 2.75) is 25.6 Å². The van der Waals surface area contributed by atoms with Crippen LogP contribution in [0.3, 0.4) is 0 Å². The van der Waals surface area contributed by atoms with E-state index in [2.05, 4.69) is 0 Å². The van der Waals surface area contributed by atoms with Crippen molar-refractivity contribution in [1.29, 1.82) is 0 Å². The summed E-state index contributed by atoms with van der Waals surface area (Å²) in [5.41, 5.74) is 6.37. The van der Waals surface area contributed by atoms with Gasteiger partial charge in [-0.2, -0.15) is 0 Å². The fourth-order valence-electron chi connectivity index (χ4n) is 1.79. The molecule has 0 bridgehead atoms. The van der Waals surface area contributed by atoms with Gasteiger partial charge in [-0.1, -0.05) is 0 Å². The van der Waals surface area contributed by atoms with Crippen molar-refractivity contribution in [3.05, 3.63) is 23.3 Å². The van der Waals surface area contributed by atoms with Gasteiger partial charge in [0.2, 0.25) is 0 Å². The molecule has 0 radical (unpaired) electrons. The first-order chi connectivity index (χ1) is 8.90. The molecular weight excluding hydrogens is 253 g/mol. The van der Waals surface area contributed by atoms with Gasteiger partial charge in [-0.25, -0.2) is 4.39 Å². The zero-order valence-corrected chi connectivity index (χ0v) is 11.1. The topological polar surface area (TPSA) is 81.8 Å². The number of halogens is 1. The van der Waals surface area contributed by atoms with Crippen molar-refractivity contribution in [1.82, 2.24) is 0 Å². The minimum atomic E-state index is -1.24. The number of nitrogens with two attached hydrogens (primary N) is 1. The number of carboxylic acids is 1. The van der Waals surface area contributed by atoms with E-state index in [-0.39, 0.29) is 6.42 Å². The van der Waals surface area contributed by atoms with Gasteiger partial charge in [0.1, 0.15) is 23.7 Å². The SMILES string of the molecule is COc1cc(OC)c(C(C)F)cc1CC(N)C(=O)O. The molecule has 0 aromatic heterocycles. The van der Waals surface area contributed by atoms with Crippen LogP contribution in [0.5, 0.6) is 11.5 Å². The molecule has 2 atom stereocenters. The Hall–Kier alpha value is -1.82. The molecule has 2 unspecified atom stereocenters. The lowest BCUT2D eigenvalue weighted by Crippen LogP contribution is -2.32. The van der Waals surface area contributed by atoms with Crippen LogP contribution in [-0.2, 0) is 11.2 Å². The zero-order chi connectivity index (χ0) is 14.6. The van der Waals surface area contributed by atoms with E-state index in [9.17, 15) is 9.18 Å². The van der Waals surface area contributed by atoms with E-state index in [0.29, 0.717) is 22.6 Å². The van der Waals surface area contributed by atoms with Crippen LogP contribution in [0, 0.1) is 0 Å². The Balaban J connectivity index is 3.21. The Morgan fingerprint density at radius 1 is 1.37 bits per heavy atom. The van der Waals surface area contributed by atoms with Gasteiger partial charge in [-0.3, -0.25) is 4.79 Å². The number of aliphatic carboxylic acids is 1. The van der Waals surface area contributed by atoms with Crippen LogP contribution in [0.1, 0.15) is 24.2 Å². The molecule has 0 aliphatic heterocycles. The summed E-state index contributed by atoms with van der Waals surface area (Å²) in [4.78, 5) is 10.8. The average Bonchev–Trinajstić information content (AvgIpc) is 2.37. The van der Waals surface area contributed by atoms with Gasteiger partial charge >= 0.3 is 5.97 Å². The number of benzene rings is 1. The summed E-state index contributed by atoms with van der Waals surface area (Å²) in [6, 6.07) is 2.01. The van der Waals surface area contributed by atoms with Crippen molar-refractivity contribution in [2.75, 3.05) is 14.2 Å². The van der Waals surface area contributed by atoms with Crippen LogP contribution in [0.4, 0.5) is 4.39 Å². The number of carbonyl (C=O) groups is 1. The summed E-state index contributed by atoms with van der Waals surface area (Å²) in [5, 5.41) is 8.82. The van der Waals surface area contributed by atoms with Gasteiger partial charge in [-0.05, 0) is 18.6 Å². The molecule has 0 spiro atoms. The highest BCUT2D eigenvalue weighted by Crippen LogP contribution is 2.34. The second-order valence-corrected chi connectivity index (χ2v) is 4.17. The van der Waals surface area contributed by atoms with E-state index in [1.807, 2.05) is 0 Å². The molecule has 1 aromatic rings. The van der Waals surface area contributed by atoms with Crippen LogP contribution < -0.4 is 15.2 Å². The molecule has 0 heterocycles. The number of carboxylic acid groups (broad SMARTS) is 1. The largest absolute Gasteiger partial charge is 0.496 e. The van der Waals surface area contributed by atoms with Gasteiger partial charge in [-0.15, -0.1) is 0 Å². The number of hydrogen-bond acceptors (Lipinski definition) is 4.